The molecule has 1 saturated heterocycles. The number of hydrogen-bond donors (Lipinski definition) is 1. The van der Waals surface area contributed by atoms with E-state index in [1.54, 1.807) is 0 Å². The van der Waals surface area contributed by atoms with E-state index in [-0.39, 0.29) is 30.7 Å². The molecule has 0 bridgehead atoms. The van der Waals surface area contributed by atoms with Crippen LogP contribution in [0.3, 0.4) is 0 Å². The van der Waals surface area contributed by atoms with Crippen molar-refractivity contribution in [1.82, 2.24) is 9.80 Å². The predicted octanol–water partition coefficient (Wildman–Crippen LogP) is 6.18. The summed E-state index contributed by atoms with van der Waals surface area (Å²) in [6.45, 7) is 3.52. The molecular weight excluding hydrogens is 491 g/mol. The number of aliphatic hydroxyl groups is 1. The number of benzene rings is 2. The van der Waals surface area contributed by atoms with Gasteiger partial charge in [0.15, 0.2) is 0 Å². The first kappa shape index (κ1) is 29.2. The van der Waals surface area contributed by atoms with E-state index in [1.165, 1.54) is 12.8 Å². The summed E-state index contributed by atoms with van der Waals surface area (Å²) in [5.74, 6) is 0.756. The monoisotopic (exact) mass is 528 g/mol. The van der Waals surface area contributed by atoms with E-state index in [9.17, 15) is 5.11 Å². The van der Waals surface area contributed by atoms with Gasteiger partial charge in [-0.25, -0.2) is 0 Å². The Labute approximate surface area is 222 Å². The third-order valence-corrected chi connectivity index (χ3v) is 7.68. The molecule has 1 N–H and O–H groups in total. The first-order chi connectivity index (χ1) is 15.4. The molecule has 1 aliphatic heterocycles. The van der Waals surface area contributed by atoms with Crippen LogP contribution >= 0.6 is 36.4 Å². The van der Waals surface area contributed by atoms with Crippen molar-refractivity contribution in [3.05, 3.63) is 64.7 Å². The number of ether oxygens (including phenoxy) is 1. The number of nitrogens with zero attached hydrogens (tertiary/aromatic N) is 2. The molecular formula is C27H39Cl3N2O2. The first-order valence-corrected chi connectivity index (χ1v) is 12.4. The number of likely N-dealkylation sites (tertiary alicyclic amines) is 1. The Kier molecular flexibility index (Phi) is 11.5. The van der Waals surface area contributed by atoms with Crippen LogP contribution in [0, 0.1) is 0 Å². The normalized spacial score (nSPS) is 20.9. The Hall–Kier alpha value is -1.01. The van der Waals surface area contributed by atoms with Crippen molar-refractivity contribution in [3.8, 4) is 5.75 Å². The van der Waals surface area contributed by atoms with E-state index in [0.717, 1.165) is 56.4 Å². The molecule has 34 heavy (non-hydrogen) atoms. The molecule has 1 saturated carbocycles. The third kappa shape index (κ3) is 7.25. The second-order valence-corrected chi connectivity index (χ2v) is 10.3. The third-order valence-electron chi connectivity index (χ3n) is 7.38. The Morgan fingerprint density at radius 1 is 1.09 bits per heavy atom. The van der Waals surface area contributed by atoms with Gasteiger partial charge in [0.2, 0.25) is 0 Å². The summed E-state index contributed by atoms with van der Waals surface area (Å²) in [4.78, 5) is 4.84. The van der Waals surface area contributed by atoms with Gasteiger partial charge in [-0.1, -0.05) is 67.3 Å². The average molecular weight is 530 g/mol. The van der Waals surface area contributed by atoms with Crippen LogP contribution in [-0.2, 0) is 6.61 Å². The van der Waals surface area contributed by atoms with Crippen molar-refractivity contribution in [2.75, 3.05) is 33.7 Å². The van der Waals surface area contributed by atoms with Gasteiger partial charge in [0.1, 0.15) is 12.4 Å². The maximum Gasteiger partial charge on any atom is 0.138 e. The molecule has 0 aromatic heterocycles. The summed E-state index contributed by atoms with van der Waals surface area (Å²) >= 11 is 6.68. The highest BCUT2D eigenvalue weighted by Crippen LogP contribution is 2.42. The Morgan fingerprint density at radius 3 is 2.41 bits per heavy atom. The molecule has 2 aromatic rings. The van der Waals surface area contributed by atoms with E-state index < -0.39 is 5.60 Å². The Balaban J connectivity index is 0.00000204. The van der Waals surface area contributed by atoms with Gasteiger partial charge in [0.05, 0.1) is 10.6 Å². The molecule has 1 aliphatic carbocycles. The fourth-order valence-corrected chi connectivity index (χ4v) is 5.59. The Bertz CT molecular complexity index is 875. The molecule has 4 nitrogen and oxygen atoms in total. The first-order valence-electron chi connectivity index (χ1n) is 12.0. The lowest BCUT2D eigenvalue weighted by atomic mass is 9.72. The zero-order valence-corrected chi connectivity index (χ0v) is 22.7. The molecule has 2 aliphatic rings. The van der Waals surface area contributed by atoms with Crippen LogP contribution in [0.2, 0.25) is 5.02 Å². The molecule has 4 rings (SSSR count). The van der Waals surface area contributed by atoms with Crippen LogP contribution in [0.4, 0.5) is 0 Å². The predicted molar refractivity (Wildman–Crippen MR) is 146 cm³/mol. The van der Waals surface area contributed by atoms with E-state index in [0.29, 0.717) is 23.4 Å². The summed E-state index contributed by atoms with van der Waals surface area (Å²) in [6, 6.07) is 16.8. The lowest BCUT2D eigenvalue weighted by Crippen LogP contribution is -2.44. The van der Waals surface area contributed by atoms with Crippen LogP contribution in [0.15, 0.2) is 48.5 Å². The molecule has 7 heteroatoms. The molecule has 0 spiro atoms. The van der Waals surface area contributed by atoms with E-state index in [4.69, 9.17) is 16.3 Å². The molecule has 2 fully saturated rings. The van der Waals surface area contributed by atoms with Gasteiger partial charge < -0.3 is 19.6 Å². The molecule has 0 radical (unpaired) electrons. The smallest absolute Gasteiger partial charge is 0.138 e. The zero-order valence-electron chi connectivity index (χ0n) is 20.3. The van der Waals surface area contributed by atoms with Gasteiger partial charge in [0, 0.05) is 25.0 Å². The fraction of sp³-hybridized carbons (Fsp3) is 0.556. The Morgan fingerprint density at radius 2 is 1.79 bits per heavy atom. The summed E-state index contributed by atoms with van der Waals surface area (Å²) in [6.07, 6.45) is 6.33. The molecule has 2 aromatic carbocycles. The van der Waals surface area contributed by atoms with E-state index >= 15 is 0 Å². The van der Waals surface area contributed by atoms with Gasteiger partial charge in [-0.3, -0.25) is 0 Å². The number of likely N-dealkylation sites (N-methyl/N-ethyl adjacent to an activating group) is 1. The molecule has 2 atom stereocenters. The summed E-state index contributed by atoms with van der Waals surface area (Å²) in [5, 5.41) is 12.3. The summed E-state index contributed by atoms with van der Waals surface area (Å²) in [5.41, 5.74) is 1.58. The average Bonchev–Trinajstić information content (AvgIpc) is 3.27. The number of rotatable bonds is 8. The number of halogens is 3. The highest BCUT2D eigenvalue weighted by molar-refractivity contribution is 6.32. The van der Waals surface area contributed by atoms with Gasteiger partial charge >= 0.3 is 0 Å². The van der Waals surface area contributed by atoms with Crippen molar-refractivity contribution in [3.63, 3.8) is 0 Å². The lowest BCUT2D eigenvalue weighted by Gasteiger charge is -2.41. The maximum absolute atomic E-state index is 11.7. The van der Waals surface area contributed by atoms with E-state index in [1.807, 2.05) is 42.5 Å². The minimum atomic E-state index is -0.663. The summed E-state index contributed by atoms with van der Waals surface area (Å²) in [7, 11) is 4.32. The lowest BCUT2D eigenvalue weighted by molar-refractivity contribution is -0.0297. The zero-order chi connectivity index (χ0) is 22.6. The van der Waals surface area contributed by atoms with Gasteiger partial charge in [0.25, 0.3) is 0 Å². The molecule has 190 valence electrons. The molecule has 0 amide bonds. The van der Waals surface area contributed by atoms with Gasteiger partial charge in [-0.15, -0.1) is 24.8 Å². The SMILES string of the molecule is CN(C)[C@@H]1CCN(CC(c2ccc(OCc3ccccc3)c(Cl)c2)C2(O)CCCCC2)C1.Cl.Cl. The summed E-state index contributed by atoms with van der Waals surface area (Å²) < 4.78 is 5.99. The standard InChI is InChI=1S/C27H37ClN2O2.2ClH/c1-29(2)23-13-16-30(18-23)19-24(27(31)14-7-4-8-15-27)22-11-12-26(25(28)17-22)32-20-21-9-5-3-6-10-21;;/h3,5-6,9-12,17,23-24,31H,4,7-8,13-16,18-20H2,1-2H3;2*1H/t23-,24?;;/m1../s1. The van der Waals surface area contributed by atoms with Crippen molar-refractivity contribution in [1.29, 1.82) is 0 Å². The molecule has 1 heterocycles. The van der Waals surface area contributed by atoms with Crippen molar-refractivity contribution in [2.24, 2.45) is 0 Å². The highest BCUT2D eigenvalue weighted by atomic mass is 35.5. The fourth-order valence-electron chi connectivity index (χ4n) is 5.34. The minimum absolute atomic E-state index is 0. The van der Waals surface area contributed by atoms with Crippen LogP contribution in [0.1, 0.15) is 55.6 Å². The quantitative estimate of drug-likeness (QED) is 0.443. The van der Waals surface area contributed by atoms with Crippen molar-refractivity contribution in [2.45, 2.75) is 62.7 Å². The van der Waals surface area contributed by atoms with Crippen molar-refractivity contribution >= 4 is 36.4 Å². The van der Waals surface area contributed by atoms with Crippen molar-refractivity contribution < 1.29 is 9.84 Å². The maximum atomic E-state index is 11.7. The minimum Gasteiger partial charge on any atom is -0.487 e. The van der Waals surface area contributed by atoms with Gasteiger partial charge in [-0.2, -0.15) is 0 Å². The second-order valence-electron chi connectivity index (χ2n) is 9.85. The van der Waals surface area contributed by atoms with Gasteiger partial charge in [-0.05, 0) is 63.2 Å². The van der Waals surface area contributed by atoms with Crippen LogP contribution < -0.4 is 4.74 Å². The highest BCUT2D eigenvalue weighted by Gasteiger charge is 2.40. The second kappa shape index (κ2) is 13.3. The molecule has 1 unspecified atom stereocenters. The largest absolute Gasteiger partial charge is 0.487 e. The van der Waals surface area contributed by atoms with Crippen LogP contribution in [-0.4, -0.2) is 60.3 Å². The van der Waals surface area contributed by atoms with E-state index in [2.05, 4.69) is 30.0 Å². The topological polar surface area (TPSA) is 35.9 Å². The van der Waals surface area contributed by atoms with Crippen LogP contribution in [0.5, 0.6) is 5.75 Å². The van der Waals surface area contributed by atoms with Crippen LogP contribution in [0.25, 0.3) is 0 Å². The number of hydrogen-bond acceptors (Lipinski definition) is 4.